The van der Waals surface area contributed by atoms with Crippen molar-refractivity contribution in [1.29, 1.82) is 0 Å². The molecule has 0 radical (unpaired) electrons. The number of ether oxygens (including phenoxy) is 2. The van der Waals surface area contributed by atoms with E-state index in [-0.39, 0.29) is 5.92 Å². The highest BCUT2D eigenvalue weighted by Gasteiger charge is 2.33. The molecule has 0 aromatic heterocycles. The fourth-order valence-corrected chi connectivity index (χ4v) is 2.12. The molecule has 0 spiro atoms. The van der Waals surface area contributed by atoms with Gasteiger partial charge in [-0.3, -0.25) is 4.84 Å². The maximum Gasteiger partial charge on any atom is 0.431 e. The molecule has 0 aliphatic heterocycles. The van der Waals surface area contributed by atoms with Gasteiger partial charge in [-0.2, -0.15) is 5.48 Å². The van der Waals surface area contributed by atoms with Crippen LogP contribution in [0.4, 0.5) is 4.79 Å². The molecular weight excluding hydrogens is 250 g/mol. The summed E-state index contributed by atoms with van der Waals surface area (Å²) in [6, 6.07) is 0. The van der Waals surface area contributed by atoms with E-state index >= 15 is 0 Å². The van der Waals surface area contributed by atoms with Crippen LogP contribution in [-0.4, -0.2) is 30.9 Å². The molecule has 1 saturated carbocycles. The molecule has 1 amide bonds. The van der Waals surface area contributed by atoms with Gasteiger partial charge in [-0.15, -0.1) is 0 Å². The Bertz CT molecular complexity index is 317. The van der Waals surface area contributed by atoms with Gasteiger partial charge >= 0.3 is 12.1 Å². The predicted molar refractivity (Wildman–Crippen MR) is 68.2 cm³/mol. The number of nitrogens with one attached hydrogen (secondary N) is 1. The molecule has 1 fully saturated rings. The maximum absolute atomic E-state index is 11.7. The first-order chi connectivity index (χ1) is 8.83. The van der Waals surface area contributed by atoms with Crippen molar-refractivity contribution in [3.05, 3.63) is 0 Å². The highest BCUT2D eigenvalue weighted by molar-refractivity contribution is 5.75. The summed E-state index contributed by atoms with van der Waals surface area (Å²) in [6.07, 6.45) is 2.45. The molecule has 1 atom stereocenters. The molecule has 0 heterocycles. The molecule has 1 aliphatic rings. The first kappa shape index (κ1) is 15.8. The molecule has 19 heavy (non-hydrogen) atoms. The lowest BCUT2D eigenvalue weighted by Crippen LogP contribution is -2.41. The molecular formula is C13H23NO5. The number of methoxy groups -OCH3 is 1. The Balaban J connectivity index is 2.49. The van der Waals surface area contributed by atoms with E-state index < -0.39 is 23.8 Å². The lowest BCUT2D eigenvalue weighted by molar-refractivity contribution is -0.163. The number of hydrogen-bond donors (Lipinski definition) is 1. The number of esters is 1. The first-order valence-corrected chi connectivity index (χ1v) is 6.56. The third-order valence-corrected chi connectivity index (χ3v) is 2.93. The second kappa shape index (κ2) is 6.75. The summed E-state index contributed by atoms with van der Waals surface area (Å²) >= 11 is 0. The number of hydroxylamine groups is 1. The number of rotatable bonds is 4. The highest BCUT2D eigenvalue weighted by Crippen LogP contribution is 2.29. The van der Waals surface area contributed by atoms with Crippen molar-refractivity contribution in [2.45, 2.75) is 58.2 Å². The zero-order chi connectivity index (χ0) is 14.5. The van der Waals surface area contributed by atoms with E-state index in [2.05, 4.69) is 5.48 Å². The van der Waals surface area contributed by atoms with E-state index in [1.807, 2.05) is 0 Å². The number of carbonyl (C=O) groups is 2. The van der Waals surface area contributed by atoms with Crippen molar-refractivity contribution in [3.8, 4) is 0 Å². The van der Waals surface area contributed by atoms with E-state index in [0.717, 1.165) is 25.7 Å². The Labute approximate surface area is 113 Å². The molecule has 6 heteroatoms. The SMILES string of the molecule is COC(=O)C(ONC(=O)OC(C)(C)C)C1CCCC1. The molecule has 1 aliphatic carbocycles. The van der Waals surface area contributed by atoms with E-state index in [9.17, 15) is 9.59 Å². The van der Waals surface area contributed by atoms with Gasteiger partial charge in [0.1, 0.15) is 5.60 Å². The summed E-state index contributed by atoms with van der Waals surface area (Å²) in [4.78, 5) is 28.3. The molecule has 0 bridgehead atoms. The summed E-state index contributed by atoms with van der Waals surface area (Å²) < 4.78 is 9.74. The Morgan fingerprint density at radius 2 is 1.79 bits per heavy atom. The molecule has 1 rings (SSSR count). The van der Waals surface area contributed by atoms with Crippen LogP contribution >= 0.6 is 0 Å². The highest BCUT2D eigenvalue weighted by atomic mass is 16.7. The van der Waals surface area contributed by atoms with Crippen LogP contribution in [0.3, 0.4) is 0 Å². The van der Waals surface area contributed by atoms with Crippen molar-refractivity contribution < 1.29 is 23.9 Å². The fourth-order valence-electron chi connectivity index (χ4n) is 2.12. The number of hydrogen-bond acceptors (Lipinski definition) is 5. The lowest BCUT2D eigenvalue weighted by atomic mass is 10.0. The summed E-state index contributed by atoms with van der Waals surface area (Å²) in [5, 5.41) is 0. The number of amides is 1. The topological polar surface area (TPSA) is 73.9 Å². The molecule has 6 nitrogen and oxygen atoms in total. The van der Waals surface area contributed by atoms with E-state index in [1.165, 1.54) is 7.11 Å². The minimum atomic E-state index is -0.764. The van der Waals surface area contributed by atoms with Crippen molar-refractivity contribution in [3.63, 3.8) is 0 Å². The van der Waals surface area contributed by atoms with Crippen LogP contribution in [0.5, 0.6) is 0 Å². The Morgan fingerprint density at radius 3 is 2.26 bits per heavy atom. The normalized spacial score (nSPS) is 17.9. The second-order valence-electron chi connectivity index (χ2n) is 5.71. The summed E-state index contributed by atoms with van der Waals surface area (Å²) in [7, 11) is 1.31. The van der Waals surface area contributed by atoms with Gasteiger partial charge < -0.3 is 9.47 Å². The van der Waals surface area contributed by atoms with E-state index in [1.54, 1.807) is 20.8 Å². The summed E-state index contributed by atoms with van der Waals surface area (Å²) in [5.74, 6) is -0.384. The van der Waals surface area contributed by atoms with Crippen LogP contribution in [0.2, 0.25) is 0 Å². The molecule has 1 unspecified atom stereocenters. The molecule has 110 valence electrons. The molecule has 1 N–H and O–H groups in total. The first-order valence-electron chi connectivity index (χ1n) is 6.56. The van der Waals surface area contributed by atoms with Crippen molar-refractivity contribution >= 4 is 12.1 Å². The van der Waals surface area contributed by atoms with Gasteiger partial charge in [-0.25, -0.2) is 9.59 Å². The quantitative estimate of drug-likeness (QED) is 0.627. The molecule has 0 aromatic rings. The smallest absolute Gasteiger partial charge is 0.431 e. The third kappa shape index (κ3) is 5.46. The molecule has 0 saturated heterocycles. The van der Waals surface area contributed by atoms with Gasteiger partial charge in [0, 0.05) is 0 Å². The van der Waals surface area contributed by atoms with Gasteiger partial charge in [0.15, 0.2) is 6.10 Å². The Morgan fingerprint density at radius 1 is 1.21 bits per heavy atom. The monoisotopic (exact) mass is 273 g/mol. The third-order valence-electron chi connectivity index (χ3n) is 2.93. The van der Waals surface area contributed by atoms with Gasteiger partial charge in [-0.05, 0) is 39.5 Å². The van der Waals surface area contributed by atoms with E-state index in [0.29, 0.717) is 0 Å². The van der Waals surface area contributed by atoms with Gasteiger partial charge in [-0.1, -0.05) is 12.8 Å². The maximum atomic E-state index is 11.7. The van der Waals surface area contributed by atoms with Crippen LogP contribution in [0.15, 0.2) is 0 Å². The van der Waals surface area contributed by atoms with Gasteiger partial charge in [0.2, 0.25) is 0 Å². The Hall–Kier alpha value is -1.30. The Kier molecular flexibility index (Phi) is 5.60. The average molecular weight is 273 g/mol. The second-order valence-corrected chi connectivity index (χ2v) is 5.71. The minimum Gasteiger partial charge on any atom is -0.467 e. The van der Waals surface area contributed by atoms with Gasteiger partial charge in [0.25, 0.3) is 0 Å². The fraction of sp³-hybridized carbons (Fsp3) is 0.846. The van der Waals surface area contributed by atoms with Crippen LogP contribution in [0.1, 0.15) is 46.5 Å². The summed E-state index contributed by atoms with van der Waals surface area (Å²) in [5.41, 5.74) is 1.56. The van der Waals surface area contributed by atoms with Crippen LogP contribution in [-0.2, 0) is 19.1 Å². The average Bonchev–Trinajstić information content (AvgIpc) is 2.80. The minimum absolute atomic E-state index is 0.0855. The van der Waals surface area contributed by atoms with E-state index in [4.69, 9.17) is 14.3 Å². The van der Waals surface area contributed by atoms with Crippen LogP contribution < -0.4 is 5.48 Å². The van der Waals surface area contributed by atoms with Crippen molar-refractivity contribution in [2.24, 2.45) is 5.92 Å². The van der Waals surface area contributed by atoms with Crippen molar-refractivity contribution in [2.75, 3.05) is 7.11 Å². The molecule has 0 aromatic carbocycles. The largest absolute Gasteiger partial charge is 0.467 e. The van der Waals surface area contributed by atoms with Crippen molar-refractivity contribution in [1.82, 2.24) is 5.48 Å². The van der Waals surface area contributed by atoms with Crippen LogP contribution in [0, 0.1) is 5.92 Å². The van der Waals surface area contributed by atoms with Crippen LogP contribution in [0.25, 0.3) is 0 Å². The lowest BCUT2D eigenvalue weighted by Gasteiger charge is -2.23. The number of carbonyl (C=O) groups excluding carboxylic acids is 2. The zero-order valence-electron chi connectivity index (χ0n) is 12.0. The standard InChI is InChI=1S/C13H23NO5/c1-13(2,3)18-12(16)14-19-10(11(15)17-4)9-7-5-6-8-9/h9-10H,5-8H2,1-4H3,(H,14,16). The predicted octanol–water partition coefficient (Wildman–Crippen LogP) is 2.17. The summed E-state index contributed by atoms with van der Waals surface area (Å²) in [6.45, 7) is 5.25. The van der Waals surface area contributed by atoms with Gasteiger partial charge in [0.05, 0.1) is 7.11 Å². The zero-order valence-corrected chi connectivity index (χ0v) is 12.0.